The van der Waals surface area contributed by atoms with Crippen molar-refractivity contribution in [3.8, 4) is 5.75 Å². The van der Waals surface area contributed by atoms with Gasteiger partial charge in [-0.05, 0) is 81.5 Å². The summed E-state index contributed by atoms with van der Waals surface area (Å²) >= 11 is 0. The minimum atomic E-state index is -4.36. The fraction of sp³-hybridized carbons (Fsp3) is 0.355. The van der Waals surface area contributed by atoms with Crippen molar-refractivity contribution in [3.63, 3.8) is 0 Å². The minimum Gasteiger partial charge on any atom is -0.487 e. The zero-order chi connectivity index (χ0) is 30.8. The summed E-state index contributed by atoms with van der Waals surface area (Å²) in [7, 11) is 0. The van der Waals surface area contributed by atoms with Crippen LogP contribution in [-0.4, -0.2) is 38.7 Å². The Morgan fingerprint density at radius 1 is 1.07 bits per heavy atom. The molecule has 0 aliphatic heterocycles. The summed E-state index contributed by atoms with van der Waals surface area (Å²) in [6, 6.07) is 12.6. The Balaban J connectivity index is 1.18. The van der Waals surface area contributed by atoms with E-state index in [9.17, 15) is 18.0 Å². The number of aryl methyl sites for hydroxylation is 2. The number of amides is 1. The summed E-state index contributed by atoms with van der Waals surface area (Å²) in [5.41, 5.74) is 1.67. The van der Waals surface area contributed by atoms with Crippen molar-refractivity contribution in [2.24, 2.45) is 0 Å². The van der Waals surface area contributed by atoms with Crippen molar-refractivity contribution in [2.45, 2.75) is 65.4 Å². The van der Waals surface area contributed by atoms with Gasteiger partial charge in [0.25, 0.3) is 0 Å². The molecule has 4 aromatic rings. The van der Waals surface area contributed by atoms with Crippen LogP contribution in [-0.2, 0) is 30.5 Å². The highest BCUT2D eigenvalue weighted by molar-refractivity contribution is 5.86. The largest absolute Gasteiger partial charge is 0.487 e. The molecule has 228 valence electrons. The third-order valence-corrected chi connectivity index (χ3v) is 6.39. The number of anilines is 1. The van der Waals surface area contributed by atoms with E-state index in [1.807, 2.05) is 38.1 Å². The lowest BCUT2D eigenvalue weighted by Gasteiger charge is -2.22. The second kappa shape index (κ2) is 14.5. The van der Waals surface area contributed by atoms with E-state index >= 15 is 0 Å². The summed E-state index contributed by atoms with van der Waals surface area (Å²) in [5.74, 6) is 1.49. The monoisotopic (exact) mass is 597 g/mol. The van der Waals surface area contributed by atoms with Crippen LogP contribution in [0.2, 0.25) is 0 Å². The molecule has 0 saturated heterocycles. The van der Waals surface area contributed by atoms with Crippen LogP contribution in [0.4, 0.5) is 23.8 Å². The fourth-order valence-corrected chi connectivity index (χ4v) is 4.20. The van der Waals surface area contributed by atoms with E-state index in [0.717, 1.165) is 31.4 Å². The van der Waals surface area contributed by atoms with Gasteiger partial charge in [-0.3, -0.25) is 9.58 Å². The number of oxazole rings is 1. The molecule has 0 aliphatic carbocycles. The summed E-state index contributed by atoms with van der Waals surface area (Å²) in [4.78, 5) is 18.1. The van der Waals surface area contributed by atoms with Crippen LogP contribution in [0.25, 0.3) is 12.2 Å². The molecule has 0 spiro atoms. The zero-order valence-corrected chi connectivity index (χ0v) is 24.3. The van der Waals surface area contributed by atoms with E-state index in [0.29, 0.717) is 41.9 Å². The van der Waals surface area contributed by atoms with Crippen LogP contribution in [0.15, 0.2) is 65.4 Å². The Morgan fingerprint density at radius 3 is 2.49 bits per heavy atom. The van der Waals surface area contributed by atoms with Crippen molar-refractivity contribution in [1.29, 1.82) is 0 Å². The molecule has 2 aromatic heterocycles. The standard InChI is InChI=1S/C31H34F3N5O4/c1-4-41-30(40)39(22(2)3)28-19-38(37-36-28)18-6-5-7-23-10-15-27(16-11-23)42-20-26-21-43-29(35-26)17-12-24-8-13-25(14-9-24)31(32,33)34/h8-17,19,21-22H,4-7,18,20H2,1-3H3. The zero-order valence-electron chi connectivity index (χ0n) is 24.3. The lowest BCUT2D eigenvalue weighted by atomic mass is 10.1. The maximum Gasteiger partial charge on any atom is 0.416 e. The van der Waals surface area contributed by atoms with Gasteiger partial charge in [-0.2, -0.15) is 13.2 Å². The number of halogens is 3. The Bertz CT molecular complexity index is 1480. The van der Waals surface area contributed by atoms with E-state index in [1.54, 1.807) is 30.0 Å². The van der Waals surface area contributed by atoms with E-state index in [2.05, 4.69) is 15.3 Å². The van der Waals surface area contributed by atoms with Gasteiger partial charge >= 0.3 is 12.3 Å². The number of carbonyl (C=O) groups excluding carboxylic acids is 1. The molecule has 2 aromatic carbocycles. The highest BCUT2D eigenvalue weighted by Gasteiger charge is 2.29. The van der Waals surface area contributed by atoms with E-state index in [4.69, 9.17) is 13.9 Å². The fourth-order valence-electron chi connectivity index (χ4n) is 4.20. The van der Waals surface area contributed by atoms with Crippen molar-refractivity contribution >= 4 is 24.1 Å². The molecule has 0 fully saturated rings. The maximum absolute atomic E-state index is 12.7. The van der Waals surface area contributed by atoms with Gasteiger partial charge in [-0.15, -0.1) is 5.10 Å². The highest BCUT2D eigenvalue weighted by atomic mass is 19.4. The summed E-state index contributed by atoms with van der Waals surface area (Å²) in [6.07, 6.45) is 4.39. The lowest BCUT2D eigenvalue weighted by molar-refractivity contribution is -0.137. The van der Waals surface area contributed by atoms with Crippen LogP contribution >= 0.6 is 0 Å². The van der Waals surface area contributed by atoms with Gasteiger partial charge in [0.15, 0.2) is 5.82 Å². The van der Waals surface area contributed by atoms with Gasteiger partial charge in [0, 0.05) is 18.7 Å². The molecule has 0 atom stereocenters. The third kappa shape index (κ3) is 9.19. The molecular formula is C31H34F3N5O4. The predicted molar refractivity (Wildman–Crippen MR) is 155 cm³/mol. The molecule has 0 unspecified atom stereocenters. The molecule has 9 nitrogen and oxygen atoms in total. The van der Waals surface area contributed by atoms with Gasteiger partial charge in [-0.25, -0.2) is 9.78 Å². The van der Waals surface area contributed by atoms with Gasteiger partial charge in [0.05, 0.1) is 18.4 Å². The number of aromatic nitrogens is 4. The number of carbonyl (C=O) groups is 1. The van der Waals surface area contributed by atoms with Crippen molar-refractivity contribution in [2.75, 3.05) is 11.5 Å². The molecule has 0 radical (unpaired) electrons. The molecule has 1 amide bonds. The lowest BCUT2D eigenvalue weighted by Crippen LogP contribution is -2.37. The molecule has 2 heterocycles. The predicted octanol–water partition coefficient (Wildman–Crippen LogP) is 7.43. The molecule has 4 rings (SSSR count). The van der Waals surface area contributed by atoms with Gasteiger partial charge in [0.1, 0.15) is 24.3 Å². The number of unbranched alkanes of at least 4 members (excludes halogenated alkanes) is 1. The average Bonchev–Trinajstić information content (AvgIpc) is 3.63. The number of hydrogen-bond donors (Lipinski definition) is 0. The summed E-state index contributed by atoms with van der Waals surface area (Å²) < 4.78 is 56.2. The molecule has 43 heavy (non-hydrogen) atoms. The number of rotatable bonds is 13. The summed E-state index contributed by atoms with van der Waals surface area (Å²) in [5, 5.41) is 8.29. The number of hydrogen-bond acceptors (Lipinski definition) is 7. The Morgan fingerprint density at radius 2 is 1.81 bits per heavy atom. The molecule has 12 heteroatoms. The molecular weight excluding hydrogens is 563 g/mol. The SMILES string of the molecule is CCOC(=O)N(c1cn(CCCCc2ccc(OCc3coc(C=Cc4ccc(C(F)(F)F)cc4)n3)cc2)nn1)C(C)C. The first-order valence-corrected chi connectivity index (χ1v) is 14.0. The summed E-state index contributed by atoms with van der Waals surface area (Å²) in [6.45, 7) is 6.74. The Kier molecular flexibility index (Phi) is 10.6. The van der Waals surface area contributed by atoms with E-state index in [1.165, 1.54) is 28.9 Å². The second-order valence-electron chi connectivity index (χ2n) is 10.0. The van der Waals surface area contributed by atoms with Crippen LogP contribution in [0, 0.1) is 0 Å². The minimum absolute atomic E-state index is 0.101. The highest BCUT2D eigenvalue weighted by Crippen LogP contribution is 2.29. The average molecular weight is 598 g/mol. The van der Waals surface area contributed by atoms with Crippen LogP contribution in [0.1, 0.15) is 61.9 Å². The first-order valence-electron chi connectivity index (χ1n) is 14.0. The van der Waals surface area contributed by atoms with Crippen molar-refractivity contribution in [3.05, 3.63) is 89.3 Å². The molecule has 0 aliphatic rings. The normalized spacial score (nSPS) is 11.8. The molecule has 0 saturated carbocycles. The number of nitrogens with zero attached hydrogens (tertiary/aromatic N) is 5. The maximum atomic E-state index is 12.7. The van der Waals surface area contributed by atoms with Crippen molar-refractivity contribution < 1.29 is 31.9 Å². The number of ether oxygens (including phenoxy) is 2. The first kappa shape index (κ1) is 31.3. The van der Waals surface area contributed by atoms with Gasteiger partial charge in [-0.1, -0.05) is 29.5 Å². The van der Waals surface area contributed by atoms with Gasteiger partial charge < -0.3 is 13.9 Å². The number of benzene rings is 2. The smallest absolute Gasteiger partial charge is 0.416 e. The Hall–Kier alpha value is -4.61. The topological polar surface area (TPSA) is 95.5 Å². The number of alkyl halides is 3. The third-order valence-electron chi connectivity index (χ3n) is 6.39. The Labute approximate surface area is 247 Å². The quantitative estimate of drug-likeness (QED) is 0.148. The van der Waals surface area contributed by atoms with Gasteiger partial charge in [0.2, 0.25) is 5.89 Å². The first-order chi connectivity index (χ1) is 20.6. The van der Waals surface area contributed by atoms with Crippen LogP contribution in [0.5, 0.6) is 5.75 Å². The molecule has 0 N–H and O–H groups in total. The van der Waals surface area contributed by atoms with Crippen molar-refractivity contribution in [1.82, 2.24) is 20.0 Å². The van der Waals surface area contributed by atoms with E-state index < -0.39 is 17.8 Å². The van der Waals surface area contributed by atoms with Crippen LogP contribution < -0.4 is 9.64 Å². The van der Waals surface area contributed by atoms with Crippen LogP contribution in [0.3, 0.4) is 0 Å². The van der Waals surface area contributed by atoms with E-state index in [-0.39, 0.29) is 12.6 Å². The molecule has 0 bridgehead atoms. The second-order valence-corrected chi connectivity index (χ2v) is 10.0.